The van der Waals surface area contributed by atoms with Gasteiger partial charge in [-0.3, -0.25) is 4.79 Å². The third-order valence-corrected chi connectivity index (χ3v) is 4.55. The van der Waals surface area contributed by atoms with E-state index in [1.165, 1.54) is 10.8 Å². The summed E-state index contributed by atoms with van der Waals surface area (Å²) < 4.78 is 1.43. The molecule has 2 aromatic heterocycles. The van der Waals surface area contributed by atoms with Crippen LogP contribution < -0.4 is 5.32 Å². The fourth-order valence-corrected chi connectivity index (χ4v) is 3.14. The minimum absolute atomic E-state index is 0.0771. The standard InChI is InChI=1S/C19H17N5O4/c25-17(15-7-4-8-16-21-12-22-24(15)16)20-11-14-10-19(18(26)27,28-23-14)9-13-5-2-1-3-6-13/h1-8,12H,9-11H2,(H,20,25)(H,26,27). The number of carbonyl (C=O) groups excluding carboxylic acids is 1. The van der Waals surface area contributed by atoms with Crippen molar-refractivity contribution in [1.29, 1.82) is 0 Å². The number of amides is 1. The first-order valence-corrected chi connectivity index (χ1v) is 8.66. The van der Waals surface area contributed by atoms with Crippen molar-refractivity contribution in [3.05, 3.63) is 66.1 Å². The lowest BCUT2D eigenvalue weighted by Crippen LogP contribution is -2.42. The summed E-state index contributed by atoms with van der Waals surface area (Å²) >= 11 is 0. The molecular formula is C19H17N5O4. The Morgan fingerprint density at radius 1 is 1.18 bits per heavy atom. The number of hydrogen-bond acceptors (Lipinski definition) is 6. The molecule has 4 rings (SSSR count). The van der Waals surface area contributed by atoms with Crippen molar-refractivity contribution in [3.63, 3.8) is 0 Å². The highest BCUT2D eigenvalue weighted by Crippen LogP contribution is 2.28. The Hall–Kier alpha value is -3.75. The Morgan fingerprint density at radius 2 is 2.00 bits per heavy atom. The van der Waals surface area contributed by atoms with E-state index in [1.54, 1.807) is 18.2 Å². The molecule has 0 radical (unpaired) electrons. The molecule has 9 heteroatoms. The van der Waals surface area contributed by atoms with Gasteiger partial charge in [-0.2, -0.15) is 5.10 Å². The zero-order valence-corrected chi connectivity index (χ0v) is 14.8. The van der Waals surface area contributed by atoms with Gasteiger partial charge in [-0.25, -0.2) is 14.3 Å². The number of hydrogen-bond donors (Lipinski definition) is 2. The number of nitrogens with zero attached hydrogens (tertiary/aromatic N) is 4. The summed E-state index contributed by atoms with van der Waals surface area (Å²) in [7, 11) is 0. The number of aromatic nitrogens is 3. The van der Waals surface area contributed by atoms with Crippen molar-refractivity contribution in [2.24, 2.45) is 5.16 Å². The average Bonchev–Trinajstić information content (AvgIpc) is 3.34. The van der Waals surface area contributed by atoms with Gasteiger partial charge in [-0.05, 0) is 17.7 Å². The molecule has 1 unspecified atom stereocenters. The Morgan fingerprint density at radius 3 is 2.79 bits per heavy atom. The van der Waals surface area contributed by atoms with Crippen molar-refractivity contribution in [2.45, 2.75) is 18.4 Å². The number of benzene rings is 1. The van der Waals surface area contributed by atoms with Crippen LogP contribution in [0.2, 0.25) is 0 Å². The van der Waals surface area contributed by atoms with Gasteiger partial charge >= 0.3 is 5.97 Å². The molecule has 0 saturated carbocycles. The fourth-order valence-electron chi connectivity index (χ4n) is 3.14. The number of carboxylic acids is 1. The molecule has 1 atom stereocenters. The summed E-state index contributed by atoms with van der Waals surface area (Å²) in [5.74, 6) is -1.46. The van der Waals surface area contributed by atoms with Gasteiger partial charge in [0.05, 0.1) is 12.3 Å². The van der Waals surface area contributed by atoms with Crippen molar-refractivity contribution in [2.75, 3.05) is 6.54 Å². The summed E-state index contributed by atoms with van der Waals surface area (Å²) in [6.45, 7) is 0.0771. The maximum atomic E-state index is 12.5. The lowest BCUT2D eigenvalue weighted by Gasteiger charge is -2.21. The van der Waals surface area contributed by atoms with Gasteiger partial charge < -0.3 is 15.3 Å². The molecule has 0 bridgehead atoms. The summed E-state index contributed by atoms with van der Waals surface area (Å²) in [5.41, 5.74) is 0.707. The molecule has 9 nitrogen and oxygen atoms in total. The van der Waals surface area contributed by atoms with Gasteiger partial charge in [0.25, 0.3) is 5.91 Å². The van der Waals surface area contributed by atoms with Crippen LogP contribution in [0.5, 0.6) is 0 Å². The summed E-state index contributed by atoms with van der Waals surface area (Å²) in [6.07, 6.45) is 1.64. The van der Waals surface area contributed by atoms with E-state index < -0.39 is 11.6 Å². The topological polar surface area (TPSA) is 118 Å². The van der Waals surface area contributed by atoms with Crippen molar-refractivity contribution >= 4 is 23.2 Å². The number of fused-ring (bicyclic) bond motifs is 1. The van der Waals surface area contributed by atoms with Crippen molar-refractivity contribution < 1.29 is 19.5 Å². The highest BCUT2D eigenvalue weighted by atomic mass is 16.7. The molecule has 1 amide bonds. The van der Waals surface area contributed by atoms with E-state index >= 15 is 0 Å². The summed E-state index contributed by atoms with van der Waals surface area (Å²) in [4.78, 5) is 33.7. The van der Waals surface area contributed by atoms with Crippen LogP contribution in [0.1, 0.15) is 22.5 Å². The van der Waals surface area contributed by atoms with Crippen molar-refractivity contribution in [1.82, 2.24) is 19.9 Å². The SMILES string of the molecule is O=C(NCC1=NOC(Cc2ccccc2)(C(=O)O)C1)c1cccc2ncnn12. The Balaban J connectivity index is 1.43. The molecule has 0 saturated heterocycles. The minimum atomic E-state index is -1.46. The van der Waals surface area contributed by atoms with E-state index in [1.807, 2.05) is 30.3 Å². The Kier molecular flexibility index (Phi) is 4.48. The Labute approximate surface area is 159 Å². The van der Waals surface area contributed by atoms with Crippen LogP contribution in [0, 0.1) is 0 Å². The maximum Gasteiger partial charge on any atom is 0.351 e. The number of oxime groups is 1. The number of carboxylic acid groups (broad SMARTS) is 1. The third-order valence-electron chi connectivity index (χ3n) is 4.55. The predicted molar refractivity (Wildman–Crippen MR) is 99.0 cm³/mol. The first-order valence-electron chi connectivity index (χ1n) is 8.66. The normalized spacial score (nSPS) is 18.5. The lowest BCUT2D eigenvalue weighted by atomic mass is 9.90. The number of aliphatic carboxylic acids is 1. The van der Waals surface area contributed by atoms with Gasteiger partial charge in [-0.1, -0.05) is 41.6 Å². The first kappa shape index (κ1) is 17.7. The molecular weight excluding hydrogens is 362 g/mol. The zero-order chi connectivity index (χ0) is 19.6. The third kappa shape index (κ3) is 3.29. The second-order valence-corrected chi connectivity index (χ2v) is 6.51. The van der Waals surface area contributed by atoms with Crippen LogP contribution in [0.15, 0.2) is 60.0 Å². The largest absolute Gasteiger partial charge is 0.478 e. The smallest absolute Gasteiger partial charge is 0.351 e. The number of rotatable bonds is 6. The Bertz CT molecular complexity index is 1060. The van der Waals surface area contributed by atoms with Crippen LogP contribution >= 0.6 is 0 Å². The van der Waals surface area contributed by atoms with Crippen LogP contribution in [0.3, 0.4) is 0 Å². The minimum Gasteiger partial charge on any atom is -0.478 e. The molecule has 2 N–H and O–H groups in total. The van der Waals surface area contributed by atoms with Gasteiger partial charge in [0.2, 0.25) is 5.60 Å². The van der Waals surface area contributed by atoms with E-state index in [2.05, 4.69) is 20.6 Å². The molecule has 0 spiro atoms. The highest BCUT2D eigenvalue weighted by molar-refractivity contribution is 5.99. The molecule has 1 aliphatic heterocycles. The molecule has 142 valence electrons. The molecule has 0 aliphatic carbocycles. The van der Waals surface area contributed by atoms with Crippen LogP contribution in [-0.4, -0.2) is 49.4 Å². The van der Waals surface area contributed by atoms with Gasteiger partial charge in [0.1, 0.15) is 12.0 Å². The molecule has 3 heterocycles. The van der Waals surface area contributed by atoms with E-state index in [0.29, 0.717) is 17.1 Å². The maximum absolute atomic E-state index is 12.5. The van der Waals surface area contributed by atoms with Crippen LogP contribution in [0.25, 0.3) is 5.65 Å². The second kappa shape index (κ2) is 7.10. The number of carbonyl (C=O) groups is 2. The van der Waals surface area contributed by atoms with Crippen LogP contribution in [0.4, 0.5) is 0 Å². The van der Waals surface area contributed by atoms with E-state index in [4.69, 9.17) is 4.84 Å². The predicted octanol–water partition coefficient (Wildman–Crippen LogP) is 1.30. The number of nitrogens with one attached hydrogen (secondary N) is 1. The molecule has 0 fully saturated rings. The van der Waals surface area contributed by atoms with Crippen molar-refractivity contribution in [3.8, 4) is 0 Å². The molecule has 3 aromatic rings. The summed E-state index contributed by atoms with van der Waals surface area (Å²) in [6, 6.07) is 14.3. The average molecular weight is 379 g/mol. The monoisotopic (exact) mass is 379 g/mol. The van der Waals surface area contributed by atoms with E-state index in [-0.39, 0.29) is 25.3 Å². The number of pyridine rings is 1. The highest BCUT2D eigenvalue weighted by Gasteiger charge is 2.46. The summed E-state index contributed by atoms with van der Waals surface area (Å²) in [5, 5.41) is 20.4. The van der Waals surface area contributed by atoms with E-state index in [9.17, 15) is 14.7 Å². The zero-order valence-electron chi connectivity index (χ0n) is 14.8. The van der Waals surface area contributed by atoms with Gasteiger partial charge in [0.15, 0.2) is 5.65 Å². The molecule has 28 heavy (non-hydrogen) atoms. The van der Waals surface area contributed by atoms with E-state index in [0.717, 1.165) is 5.56 Å². The van der Waals surface area contributed by atoms with Gasteiger partial charge in [-0.15, -0.1) is 0 Å². The first-order chi connectivity index (χ1) is 13.6. The van der Waals surface area contributed by atoms with Gasteiger partial charge in [0, 0.05) is 12.8 Å². The lowest BCUT2D eigenvalue weighted by molar-refractivity contribution is -0.162. The second-order valence-electron chi connectivity index (χ2n) is 6.51. The van der Waals surface area contributed by atoms with Crippen LogP contribution in [-0.2, 0) is 16.1 Å². The molecule has 1 aromatic carbocycles. The quantitative estimate of drug-likeness (QED) is 0.666. The fraction of sp³-hybridized carbons (Fsp3) is 0.211. The molecule has 1 aliphatic rings.